The molecule has 27 heavy (non-hydrogen) atoms. The molecule has 0 unspecified atom stereocenters. The normalized spacial score (nSPS) is 14.7. The smallest absolute Gasteiger partial charge is 0.379 e. The second kappa shape index (κ2) is 6.42. The van der Waals surface area contributed by atoms with Crippen LogP contribution >= 0.6 is 23.2 Å². The zero-order chi connectivity index (χ0) is 19.3. The maximum Gasteiger partial charge on any atom is 0.379 e. The molecule has 1 N–H and O–H groups in total. The fraction of sp³-hybridized carbons (Fsp3) is 0.278. The summed E-state index contributed by atoms with van der Waals surface area (Å²) in [6.45, 7) is 0.221. The van der Waals surface area contributed by atoms with E-state index in [1.165, 1.54) is 4.68 Å². The van der Waals surface area contributed by atoms with Gasteiger partial charge in [-0.2, -0.15) is 13.9 Å². The number of halogens is 4. The lowest BCUT2D eigenvalue weighted by atomic mass is 10.0. The minimum absolute atomic E-state index is 0.0511. The molecule has 0 radical (unpaired) electrons. The van der Waals surface area contributed by atoms with E-state index in [1.54, 1.807) is 6.07 Å². The maximum absolute atomic E-state index is 13.9. The molecule has 0 saturated heterocycles. The lowest BCUT2D eigenvalue weighted by Gasteiger charge is -2.13. The molecule has 0 amide bonds. The van der Waals surface area contributed by atoms with Gasteiger partial charge < -0.3 is 5.11 Å². The van der Waals surface area contributed by atoms with Gasteiger partial charge in [0.1, 0.15) is 5.52 Å². The summed E-state index contributed by atoms with van der Waals surface area (Å²) in [5.74, 6) is -5.88. The summed E-state index contributed by atoms with van der Waals surface area (Å²) >= 11 is 12.5. The van der Waals surface area contributed by atoms with Crippen molar-refractivity contribution in [1.29, 1.82) is 0 Å². The van der Waals surface area contributed by atoms with E-state index >= 15 is 0 Å². The molecule has 1 aromatic carbocycles. The number of alkyl halides is 2. The summed E-state index contributed by atoms with van der Waals surface area (Å²) in [5.41, 5.74) is 1.66. The van der Waals surface area contributed by atoms with Crippen LogP contribution in [0.25, 0.3) is 11.0 Å². The lowest BCUT2D eigenvalue weighted by molar-refractivity contribution is -0.166. The molecule has 4 rings (SSSR count). The summed E-state index contributed by atoms with van der Waals surface area (Å²) in [7, 11) is 0. The Balaban J connectivity index is 1.82. The number of aliphatic carboxylic acids is 1. The topological polar surface area (TPSA) is 68.0 Å². The first-order chi connectivity index (χ1) is 12.8. The summed E-state index contributed by atoms with van der Waals surface area (Å²) in [6, 6.07) is 6.69. The molecule has 2 heterocycles. The molecule has 1 aliphatic carbocycles. The Morgan fingerprint density at radius 1 is 1.33 bits per heavy atom. The molecule has 1 saturated carbocycles. The average Bonchev–Trinajstić information content (AvgIpc) is 3.42. The first-order valence-electron chi connectivity index (χ1n) is 8.20. The number of aromatic nitrogens is 3. The fourth-order valence-corrected chi connectivity index (χ4v) is 3.58. The van der Waals surface area contributed by atoms with Gasteiger partial charge in [0, 0.05) is 11.2 Å². The molecule has 5 nitrogen and oxygen atoms in total. The number of carboxylic acids is 1. The van der Waals surface area contributed by atoms with Gasteiger partial charge in [-0.25, -0.2) is 4.79 Å². The number of rotatable bonds is 5. The standard InChI is InChI=1S/C18H13Cl2F2N3O2/c19-13-3-1-2-11(9-4-5-9)12(13)8-25-14-6-10(18(21,22)17(26)27)7-23-15(14)16(20)24-25/h1-3,6-7,9H,4-5,8H2,(H,26,27). The predicted molar refractivity (Wildman–Crippen MR) is 96.6 cm³/mol. The van der Waals surface area contributed by atoms with Crippen molar-refractivity contribution in [3.05, 3.63) is 57.3 Å². The Bertz CT molecular complexity index is 1060. The highest BCUT2D eigenvalue weighted by Crippen LogP contribution is 2.43. The summed E-state index contributed by atoms with van der Waals surface area (Å²) in [4.78, 5) is 14.8. The molecule has 140 valence electrons. The minimum Gasteiger partial charge on any atom is -0.477 e. The molecule has 0 bridgehead atoms. The first-order valence-corrected chi connectivity index (χ1v) is 8.95. The Morgan fingerprint density at radius 2 is 2.07 bits per heavy atom. The van der Waals surface area contributed by atoms with Crippen molar-refractivity contribution < 1.29 is 18.7 Å². The van der Waals surface area contributed by atoms with Crippen LogP contribution in [0.3, 0.4) is 0 Å². The van der Waals surface area contributed by atoms with Crippen LogP contribution in [-0.2, 0) is 17.3 Å². The van der Waals surface area contributed by atoms with Gasteiger partial charge in [0.25, 0.3) is 0 Å². The third-order valence-electron chi connectivity index (χ3n) is 4.66. The number of hydrogen-bond donors (Lipinski definition) is 1. The molecule has 2 aromatic heterocycles. The van der Waals surface area contributed by atoms with Gasteiger partial charge in [-0.1, -0.05) is 35.3 Å². The minimum atomic E-state index is -4.06. The van der Waals surface area contributed by atoms with Gasteiger partial charge >= 0.3 is 11.9 Å². The quantitative estimate of drug-likeness (QED) is 0.651. The van der Waals surface area contributed by atoms with E-state index in [9.17, 15) is 13.6 Å². The molecule has 1 fully saturated rings. The monoisotopic (exact) mass is 411 g/mol. The number of fused-ring (bicyclic) bond motifs is 1. The molecule has 3 aromatic rings. The highest BCUT2D eigenvalue weighted by Gasteiger charge is 2.42. The second-order valence-electron chi connectivity index (χ2n) is 6.50. The number of nitrogens with zero attached hydrogens (tertiary/aromatic N) is 3. The van der Waals surface area contributed by atoms with Gasteiger partial charge in [-0.15, -0.1) is 0 Å². The number of benzene rings is 1. The van der Waals surface area contributed by atoms with Crippen LogP contribution in [-0.4, -0.2) is 25.8 Å². The highest BCUT2D eigenvalue weighted by molar-refractivity contribution is 6.33. The average molecular weight is 412 g/mol. The van der Waals surface area contributed by atoms with Gasteiger partial charge in [0.2, 0.25) is 0 Å². The first kappa shape index (κ1) is 18.1. The van der Waals surface area contributed by atoms with E-state index in [4.69, 9.17) is 28.3 Å². The Kier molecular flexibility index (Phi) is 4.31. The van der Waals surface area contributed by atoms with Gasteiger partial charge in [-0.3, -0.25) is 9.67 Å². The van der Waals surface area contributed by atoms with Crippen molar-refractivity contribution in [2.45, 2.75) is 31.2 Å². The molecule has 9 heteroatoms. The van der Waals surface area contributed by atoms with Crippen LogP contribution < -0.4 is 0 Å². The molecule has 0 atom stereocenters. The molecular formula is C18H13Cl2F2N3O2. The molecule has 1 aliphatic rings. The van der Waals surface area contributed by atoms with Crippen LogP contribution in [0.4, 0.5) is 8.78 Å². The van der Waals surface area contributed by atoms with E-state index in [2.05, 4.69) is 10.1 Å². The summed E-state index contributed by atoms with van der Waals surface area (Å²) in [5, 5.41) is 13.6. The van der Waals surface area contributed by atoms with E-state index in [-0.39, 0.29) is 22.7 Å². The van der Waals surface area contributed by atoms with Crippen LogP contribution in [0.15, 0.2) is 30.5 Å². The van der Waals surface area contributed by atoms with Crippen molar-refractivity contribution in [3.63, 3.8) is 0 Å². The van der Waals surface area contributed by atoms with Gasteiger partial charge in [0.05, 0.1) is 17.6 Å². The molecule has 0 aliphatic heterocycles. The highest BCUT2D eigenvalue weighted by atomic mass is 35.5. The SMILES string of the molecule is O=C(O)C(F)(F)c1cnc2c(Cl)nn(Cc3c(Cl)cccc3C3CC3)c2c1. The third-order valence-corrected chi connectivity index (χ3v) is 5.27. The summed E-state index contributed by atoms with van der Waals surface area (Å²) in [6.07, 6.45) is 2.95. The Morgan fingerprint density at radius 3 is 2.74 bits per heavy atom. The summed E-state index contributed by atoms with van der Waals surface area (Å²) < 4.78 is 29.2. The van der Waals surface area contributed by atoms with E-state index in [0.717, 1.165) is 36.2 Å². The van der Waals surface area contributed by atoms with Gasteiger partial charge in [0.15, 0.2) is 5.15 Å². The zero-order valence-electron chi connectivity index (χ0n) is 13.8. The fourth-order valence-electron chi connectivity index (χ4n) is 3.10. The van der Waals surface area contributed by atoms with E-state index in [1.807, 2.05) is 12.1 Å². The molecular weight excluding hydrogens is 399 g/mol. The van der Waals surface area contributed by atoms with E-state index < -0.39 is 17.5 Å². The number of carboxylic acid groups (broad SMARTS) is 1. The van der Waals surface area contributed by atoms with Crippen LogP contribution in [0, 0.1) is 0 Å². The van der Waals surface area contributed by atoms with Gasteiger partial charge in [-0.05, 0) is 42.0 Å². The number of carbonyl (C=O) groups is 1. The van der Waals surface area contributed by atoms with Crippen LogP contribution in [0.1, 0.15) is 35.4 Å². The lowest BCUT2D eigenvalue weighted by Crippen LogP contribution is -2.25. The Hall–Kier alpha value is -2.25. The van der Waals surface area contributed by atoms with Crippen molar-refractivity contribution in [1.82, 2.24) is 14.8 Å². The van der Waals surface area contributed by atoms with Crippen molar-refractivity contribution >= 4 is 40.2 Å². The van der Waals surface area contributed by atoms with Crippen LogP contribution in [0.2, 0.25) is 10.2 Å². The second-order valence-corrected chi connectivity index (χ2v) is 7.27. The largest absolute Gasteiger partial charge is 0.477 e. The third kappa shape index (κ3) is 3.15. The van der Waals surface area contributed by atoms with Crippen molar-refractivity contribution in [2.75, 3.05) is 0 Å². The van der Waals surface area contributed by atoms with E-state index in [0.29, 0.717) is 10.9 Å². The maximum atomic E-state index is 13.9. The number of pyridine rings is 1. The van der Waals surface area contributed by atoms with Crippen molar-refractivity contribution in [3.8, 4) is 0 Å². The zero-order valence-corrected chi connectivity index (χ0v) is 15.3. The van der Waals surface area contributed by atoms with Crippen molar-refractivity contribution in [2.24, 2.45) is 0 Å². The number of hydrogen-bond acceptors (Lipinski definition) is 3. The Labute approximate surface area is 162 Å². The molecule has 0 spiro atoms. The van der Waals surface area contributed by atoms with Crippen LogP contribution in [0.5, 0.6) is 0 Å². The predicted octanol–water partition coefficient (Wildman–Crippen LogP) is 4.84.